The van der Waals surface area contributed by atoms with Crippen molar-refractivity contribution in [3.05, 3.63) is 58.7 Å². The lowest BCUT2D eigenvalue weighted by atomic mass is 10.1. The minimum absolute atomic E-state index is 0.231. The second kappa shape index (κ2) is 11.6. The Morgan fingerprint density at radius 2 is 1.32 bits per heavy atom. The van der Waals surface area contributed by atoms with E-state index in [0.29, 0.717) is 0 Å². The minimum Gasteiger partial charge on any atom is -0.504 e. The number of nitrogens with zero attached hydrogens (tertiary/aromatic N) is 2. The first-order chi connectivity index (χ1) is 16.2. The molecule has 1 unspecified atom stereocenters. The van der Waals surface area contributed by atoms with E-state index >= 15 is 0 Å². The molecule has 0 fully saturated rings. The molecule has 4 N–H and O–H groups in total. The van der Waals surface area contributed by atoms with Crippen LogP contribution in [0.25, 0.3) is 12.2 Å². The van der Waals surface area contributed by atoms with E-state index in [9.17, 15) is 40.5 Å². The number of hydrogen-bond donors (Lipinski definition) is 4. The van der Waals surface area contributed by atoms with Gasteiger partial charge in [-0.15, -0.1) is 0 Å². The Balaban J connectivity index is 2.06. The first kappa shape index (κ1) is 25.3. The van der Waals surface area contributed by atoms with Crippen LogP contribution in [0.15, 0.2) is 47.5 Å². The summed E-state index contributed by atoms with van der Waals surface area (Å²) >= 11 is 0. The smallest absolute Gasteiger partial charge is 0.349 e. The summed E-state index contributed by atoms with van der Waals surface area (Å²) in [4.78, 5) is 24.6. The Hall–Kier alpha value is -4.96. The van der Waals surface area contributed by atoms with Gasteiger partial charge in [-0.05, 0) is 54.0 Å². The summed E-state index contributed by atoms with van der Waals surface area (Å²) in [6.45, 7) is 1.26. The van der Waals surface area contributed by atoms with Crippen molar-refractivity contribution in [1.82, 2.24) is 0 Å². The van der Waals surface area contributed by atoms with Gasteiger partial charge in [-0.1, -0.05) is 19.1 Å². The zero-order valence-corrected chi connectivity index (χ0v) is 17.9. The Labute approximate surface area is 194 Å². The average molecular weight is 464 g/mol. The third-order valence-corrected chi connectivity index (χ3v) is 4.43. The van der Waals surface area contributed by atoms with Gasteiger partial charge in [-0.25, -0.2) is 9.59 Å². The molecule has 2 rings (SSSR count). The second-order valence-electron chi connectivity index (χ2n) is 6.87. The quantitative estimate of drug-likeness (QED) is 0.196. The predicted octanol–water partition coefficient (Wildman–Crippen LogP) is 2.89. The fraction of sp³-hybridized carbons (Fsp3) is 0.167. The van der Waals surface area contributed by atoms with Gasteiger partial charge in [0.15, 0.2) is 23.0 Å². The van der Waals surface area contributed by atoms with E-state index in [2.05, 4.69) is 0 Å². The highest BCUT2D eigenvalue weighted by atomic mass is 16.6. The lowest BCUT2D eigenvalue weighted by molar-refractivity contribution is -0.153. The molecule has 1 atom stereocenters. The van der Waals surface area contributed by atoms with Crippen LogP contribution in [0.5, 0.6) is 23.0 Å². The number of nitriles is 2. The summed E-state index contributed by atoms with van der Waals surface area (Å²) in [6, 6.07) is 10.8. The molecule has 0 amide bonds. The van der Waals surface area contributed by atoms with Gasteiger partial charge in [0.05, 0.1) is 0 Å². The van der Waals surface area contributed by atoms with Crippen molar-refractivity contribution < 1.29 is 39.5 Å². The summed E-state index contributed by atoms with van der Waals surface area (Å²) < 4.78 is 10.3. The minimum atomic E-state index is -1.000. The number of rotatable bonds is 8. The number of carbonyl (C=O) groups is 2. The third kappa shape index (κ3) is 6.77. The molecule has 0 aliphatic rings. The maximum Gasteiger partial charge on any atom is 0.349 e. The Morgan fingerprint density at radius 1 is 0.853 bits per heavy atom. The van der Waals surface area contributed by atoms with Crippen molar-refractivity contribution >= 4 is 24.1 Å². The van der Waals surface area contributed by atoms with Crippen molar-refractivity contribution in [2.75, 3.05) is 6.61 Å². The van der Waals surface area contributed by atoms with Crippen LogP contribution in [-0.2, 0) is 19.1 Å². The molecule has 34 heavy (non-hydrogen) atoms. The SMILES string of the molecule is CCC(COC(=O)C(C#N)=Cc1ccc(O)c(O)c1)OC(=O)C(C#N)=Cc1ccc(O)c(O)c1. The van der Waals surface area contributed by atoms with E-state index < -0.39 is 35.1 Å². The molecular weight excluding hydrogens is 444 g/mol. The van der Waals surface area contributed by atoms with Gasteiger partial charge in [0, 0.05) is 0 Å². The molecular formula is C24H20N2O8. The van der Waals surface area contributed by atoms with E-state index in [0.717, 1.165) is 24.3 Å². The first-order valence-corrected chi connectivity index (χ1v) is 9.84. The fourth-order valence-corrected chi connectivity index (χ4v) is 2.56. The number of aromatic hydroxyl groups is 4. The van der Waals surface area contributed by atoms with Gasteiger partial charge in [-0.3, -0.25) is 0 Å². The standard InChI is InChI=1S/C24H20N2O8/c1-2-18(34-24(32)17(12-26)8-15-4-6-20(28)22(30)10-15)13-33-23(31)16(11-25)7-14-3-5-19(27)21(29)9-14/h3-10,18,27-30H,2,13H2,1H3. The predicted molar refractivity (Wildman–Crippen MR) is 118 cm³/mol. The zero-order valence-electron chi connectivity index (χ0n) is 17.9. The molecule has 0 saturated heterocycles. The molecule has 10 heteroatoms. The van der Waals surface area contributed by atoms with Crippen LogP contribution >= 0.6 is 0 Å². The number of benzene rings is 2. The molecule has 0 aromatic heterocycles. The normalized spacial score (nSPS) is 12.2. The largest absolute Gasteiger partial charge is 0.504 e. The maximum atomic E-state index is 12.4. The van der Waals surface area contributed by atoms with Crippen molar-refractivity contribution in [3.63, 3.8) is 0 Å². The van der Waals surface area contributed by atoms with Crippen LogP contribution in [0.2, 0.25) is 0 Å². The Bertz CT molecular complexity index is 1230. The number of ether oxygens (including phenoxy) is 2. The molecule has 2 aromatic carbocycles. The first-order valence-electron chi connectivity index (χ1n) is 9.84. The third-order valence-electron chi connectivity index (χ3n) is 4.43. The van der Waals surface area contributed by atoms with E-state index in [4.69, 9.17) is 9.47 Å². The molecule has 0 bridgehead atoms. The number of carbonyl (C=O) groups excluding carboxylic acids is 2. The molecule has 0 aliphatic carbocycles. The number of phenols is 4. The molecule has 2 aromatic rings. The lowest BCUT2D eigenvalue weighted by Crippen LogP contribution is -2.25. The molecule has 174 valence electrons. The highest BCUT2D eigenvalue weighted by Gasteiger charge is 2.20. The van der Waals surface area contributed by atoms with E-state index in [1.165, 1.54) is 24.3 Å². The fourth-order valence-electron chi connectivity index (χ4n) is 2.56. The van der Waals surface area contributed by atoms with Gasteiger partial charge < -0.3 is 29.9 Å². The van der Waals surface area contributed by atoms with Crippen LogP contribution in [0.4, 0.5) is 0 Å². The van der Waals surface area contributed by atoms with Gasteiger partial charge in [-0.2, -0.15) is 10.5 Å². The van der Waals surface area contributed by atoms with Gasteiger partial charge >= 0.3 is 11.9 Å². The Morgan fingerprint density at radius 3 is 1.74 bits per heavy atom. The Kier molecular flexibility index (Phi) is 8.63. The highest BCUT2D eigenvalue weighted by molar-refractivity contribution is 5.99. The highest BCUT2D eigenvalue weighted by Crippen LogP contribution is 2.27. The van der Waals surface area contributed by atoms with Gasteiger partial charge in [0.1, 0.15) is 36.0 Å². The van der Waals surface area contributed by atoms with Crippen LogP contribution in [0, 0.1) is 22.7 Å². The van der Waals surface area contributed by atoms with Gasteiger partial charge in [0.25, 0.3) is 0 Å². The molecule has 0 heterocycles. The summed E-state index contributed by atoms with van der Waals surface area (Å²) in [6.07, 6.45) is 1.62. The molecule has 0 spiro atoms. The van der Waals surface area contributed by atoms with Gasteiger partial charge in [0.2, 0.25) is 0 Å². The zero-order chi connectivity index (χ0) is 25.3. The van der Waals surface area contributed by atoms with E-state index in [1.54, 1.807) is 19.1 Å². The van der Waals surface area contributed by atoms with Crippen LogP contribution in [0.1, 0.15) is 24.5 Å². The van der Waals surface area contributed by atoms with Crippen LogP contribution < -0.4 is 0 Å². The molecule has 0 radical (unpaired) electrons. The monoisotopic (exact) mass is 464 g/mol. The lowest BCUT2D eigenvalue weighted by Gasteiger charge is -2.16. The number of esters is 2. The second-order valence-corrected chi connectivity index (χ2v) is 6.87. The van der Waals surface area contributed by atoms with Crippen molar-refractivity contribution in [3.8, 4) is 35.1 Å². The maximum absolute atomic E-state index is 12.4. The van der Waals surface area contributed by atoms with Crippen molar-refractivity contribution in [2.45, 2.75) is 19.4 Å². The van der Waals surface area contributed by atoms with Crippen molar-refractivity contribution in [1.29, 1.82) is 10.5 Å². The number of hydrogen-bond acceptors (Lipinski definition) is 10. The molecule has 10 nitrogen and oxygen atoms in total. The number of phenolic OH excluding ortho intramolecular Hbond substituents is 4. The molecule has 0 aliphatic heterocycles. The summed E-state index contributed by atoms with van der Waals surface area (Å²) in [5.41, 5.74) is -0.241. The topological polar surface area (TPSA) is 181 Å². The van der Waals surface area contributed by atoms with E-state index in [-0.39, 0.29) is 41.2 Å². The summed E-state index contributed by atoms with van der Waals surface area (Å²) in [5.74, 6) is -3.57. The average Bonchev–Trinajstić information content (AvgIpc) is 2.82. The van der Waals surface area contributed by atoms with E-state index in [1.807, 2.05) is 0 Å². The molecule has 0 saturated carbocycles. The van der Waals surface area contributed by atoms with Crippen LogP contribution in [0.3, 0.4) is 0 Å². The van der Waals surface area contributed by atoms with Crippen LogP contribution in [-0.4, -0.2) is 45.1 Å². The summed E-state index contributed by atoms with van der Waals surface area (Å²) in [5, 5.41) is 56.3. The van der Waals surface area contributed by atoms with Crippen molar-refractivity contribution in [2.24, 2.45) is 0 Å². The summed E-state index contributed by atoms with van der Waals surface area (Å²) in [7, 11) is 0.